The molecule has 0 radical (unpaired) electrons. The van der Waals surface area contributed by atoms with E-state index in [1.54, 1.807) is 25.3 Å². The van der Waals surface area contributed by atoms with Gasteiger partial charge >= 0.3 is 0 Å². The van der Waals surface area contributed by atoms with Crippen molar-refractivity contribution in [2.24, 2.45) is 0 Å². The van der Waals surface area contributed by atoms with E-state index in [1.807, 2.05) is 0 Å². The topological polar surface area (TPSA) is 51.8 Å². The second-order valence-electron chi connectivity index (χ2n) is 3.22. The van der Waals surface area contributed by atoms with Crippen LogP contribution in [0.15, 0.2) is 30.5 Å². The summed E-state index contributed by atoms with van der Waals surface area (Å²) < 4.78 is 12.7. The van der Waals surface area contributed by atoms with Crippen LogP contribution in [0, 0.1) is 12.7 Å². The zero-order valence-electron chi connectivity index (χ0n) is 8.24. The van der Waals surface area contributed by atoms with Crippen LogP contribution in [0.5, 0.6) is 0 Å². The Balaban J connectivity index is 2.49. The van der Waals surface area contributed by atoms with E-state index in [0.29, 0.717) is 11.6 Å². The van der Waals surface area contributed by atoms with Crippen molar-refractivity contribution in [3.8, 4) is 11.1 Å². The molecule has 0 amide bonds. The minimum Gasteiger partial charge on any atom is -0.383 e. The smallest absolute Gasteiger partial charge is 0.135 e. The number of rotatable bonds is 1. The SMILES string of the molecule is Cc1ncc(-c2ccc(F)cc2)c(N)n1. The lowest BCUT2D eigenvalue weighted by Crippen LogP contribution is -1.98. The molecule has 0 saturated heterocycles. The molecule has 0 atom stereocenters. The van der Waals surface area contributed by atoms with Crippen LogP contribution >= 0.6 is 0 Å². The summed E-state index contributed by atoms with van der Waals surface area (Å²) in [5, 5.41) is 0. The molecule has 0 bridgehead atoms. The molecule has 0 spiro atoms. The molecule has 0 aliphatic carbocycles. The normalized spacial score (nSPS) is 10.3. The van der Waals surface area contributed by atoms with Crippen LogP contribution in [0.4, 0.5) is 10.2 Å². The van der Waals surface area contributed by atoms with Crippen LogP contribution in [-0.4, -0.2) is 9.97 Å². The predicted octanol–water partition coefficient (Wildman–Crippen LogP) is 2.17. The number of anilines is 1. The number of benzene rings is 1. The van der Waals surface area contributed by atoms with Gasteiger partial charge in [0, 0.05) is 11.8 Å². The Morgan fingerprint density at radius 2 is 1.87 bits per heavy atom. The summed E-state index contributed by atoms with van der Waals surface area (Å²) in [6.07, 6.45) is 1.64. The van der Waals surface area contributed by atoms with Gasteiger partial charge in [0.1, 0.15) is 17.5 Å². The number of aryl methyl sites for hydroxylation is 1. The van der Waals surface area contributed by atoms with Gasteiger partial charge in [0.2, 0.25) is 0 Å². The van der Waals surface area contributed by atoms with E-state index in [1.165, 1.54) is 12.1 Å². The standard InChI is InChI=1S/C11H10FN3/c1-7-14-6-10(11(13)15-7)8-2-4-9(12)5-3-8/h2-6H,1H3,(H2,13,14,15). The van der Waals surface area contributed by atoms with Crippen LogP contribution in [0.3, 0.4) is 0 Å². The van der Waals surface area contributed by atoms with Gasteiger partial charge in [0.25, 0.3) is 0 Å². The molecule has 0 aliphatic heterocycles. The highest BCUT2D eigenvalue weighted by Gasteiger charge is 2.04. The van der Waals surface area contributed by atoms with E-state index in [4.69, 9.17) is 5.73 Å². The third-order valence-corrected chi connectivity index (χ3v) is 2.09. The van der Waals surface area contributed by atoms with E-state index in [-0.39, 0.29) is 5.82 Å². The van der Waals surface area contributed by atoms with Crippen molar-refractivity contribution in [2.45, 2.75) is 6.92 Å². The Bertz CT molecular complexity index is 480. The molecule has 1 aromatic heterocycles. The third-order valence-electron chi connectivity index (χ3n) is 2.09. The van der Waals surface area contributed by atoms with Gasteiger partial charge in [-0.25, -0.2) is 14.4 Å². The Kier molecular flexibility index (Phi) is 2.33. The van der Waals surface area contributed by atoms with Crippen LogP contribution in [0.2, 0.25) is 0 Å². The Morgan fingerprint density at radius 3 is 2.47 bits per heavy atom. The first-order chi connectivity index (χ1) is 7.16. The first kappa shape index (κ1) is 9.58. The predicted molar refractivity (Wildman–Crippen MR) is 56.6 cm³/mol. The maximum absolute atomic E-state index is 12.7. The summed E-state index contributed by atoms with van der Waals surface area (Å²) in [5.41, 5.74) is 7.28. The fourth-order valence-corrected chi connectivity index (χ4v) is 1.34. The highest BCUT2D eigenvalue weighted by molar-refractivity contribution is 5.72. The van der Waals surface area contributed by atoms with Gasteiger partial charge < -0.3 is 5.73 Å². The third kappa shape index (κ3) is 1.93. The number of hydrogen-bond donors (Lipinski definition) is 1. The molecule has 0 fully saturated rings. The first-order valence-electron chi connectivity index (χ1n) is 4.52. The van der Waals surface area contributed by atoms with Crippen molar-refractivity contribution < 1.29 is 4.39 Å². The molecule has 4 heteroatoms. The highest BCUT2D eigenvalue weighted by Crippen LogP contribution is 2.23. The monoisotopic (exact) mass is 203 g/mol. The lowest BCUT2D eigenvalue weighted by molar-refractivity contribution is 0.628. The molecule has 2 N–H and O–H groups in total. The highest BCUT2D eigenvalue weighted by atomic mass is 19.1. The summed E-state index contributed by atoms with van der Waals surface area (Å²) in [7, 11) is 0. The number of nitrogens with zero attached hydrogens (tertiary/aromatic N) is 2. The summed E-state index contributed by atoms with van der Waals surface area (Å²) in [6.45, 7) is 1.77. The van der Waals surface area contributed by atoms with E-state index >= 15 is 0 Å². The molecular formula is C11H10FN3. The summed E-state index contributed by atoms with van der Waals surface area (Å²) >= 11 is 0. The fourth-order valence-electron chi connectivity index (χ4n) is 1.34. The van der Waals surface area contributed by atoms with Crippen molar-refractivity contribution in [3.63, 3.8) is 0 Å². The minimum atomic E-state index is -0.273. The number of halogens is 1. The lowest BCUT2D eigenvalue weighted by atomic mass is 10.1. The van der Waals surface area contributed by atoms with Gasteiger partial charge in [-0.05, 0) is 24.6 Å². The fraction of sp³-hybridized carbons (Fsp3) is 0.0909. The van der Waals surface area contributed by atoms with Gasteiger partial charge in [0.15, 0.2) is 0 Å². The lowest BCUT2D eigenvalue weighted by Gasteiger charge is -2.04. The molecule has 76 valence electrons. The molecule has 2 aromatic rings. The van der Waals surface area contributed by atoms with Crippen LogP contribution in [-0.2, 0) is 0 Å². The average molecular weight is 203 g/mol. The van der Waals surface area contributed by atoms with Crippen LogP contribution < -0.4 is 5.73 Å². The summed E-state index contributed by atoms with van der Waals surface area (Å²) in [6, 6.07) is 6.07. The van der Waals surface area contributed by atoms with Gasteiger partial charge in [-0.3, -0.25) is 0 Å². The van der Waals surface area contributed by atoms with Gasteiger partial charge in [0.05, 0.1) is 0 Å². The van der Waals surface area contributed by atoms with Crippen molar-refractivity contribution in [1.29, 1.82) is 0 Å². The average Bonchev–Trinajstić information content (AvgIpc) is 2.20. The largest absolute Gasteiger partial charge is 0.383 e. The zero-order valence-corrected chi connectivity index (χ0v) is 8.24. The van der Waals surface area contributed by atoms with Gasteiger partial charge in [-0.1, -0.05) is 12.1 Å². The Hall–Kier alpha value is -1.97. The molecule has 2 rings (SSSR count). The quantitative estimate of drug-likeness (QED) is 0.772. The van der Waals surface area contributed by atoms with Crippen molar-refractivity contribution in [1.82, 2.24) is 9.97 Å². The maximum Gasteiger partial charge on any atom is 0.135 e. The molecule has 1 aromatic carbocycles. The first-order valence-corrected chi connectivity index (χ1v) is 4.52. The number of nitrogen functional groups attached to an aromatic ring is 1. The van der Waals surface area contributed by atoms with E-state index < -0.39 is 0 Å². The van der Waals surface area contributed by atoms with Gasteiger partial charge in [-0.2, -0.15) is 0 Å². The number of aromatic nitrogens is 2. The zero-order chi connectivity index (χ0) is 10.8. The van der Waals surface area contributed by atoms with E-state index in [9.17, 15) is 4.39 Å². The number of nitrogens with two attached hydrogens (primary N) is 1. The maximum atomic E-state index is 12.7. The van der Waals surface area contributed by atoms with Crippen molar-refractivity contribution >= 4 is 5.82 Å². The van der Waals surface area contributed by atoms with Crippen LogP contribution in [0.1, 0.15) is 5.82 Å². The summed E-state index contributed by atoms with van der Waals surface area (Å²) in [4.78, 5) is 8.10. The Morgan fingerprint density at radius 1 is 1.20 bits per heavy atom. The number of hydrogen-bond acceptors (Lipinski definition) is 3. The summed E-state index contributed by atoms with van der Waals surface area (Å²) in [5.74, 6) is 0.762. The molecule has 1 heterocycles. The van der Waals surface area contributed by atoms with E-state index in [0.717, 1.165) is 11.1 Å². The molecule has 0 saturated carbocycles. The van der Waals surface area contributed by atoms with Gasteiger partial charge in [-0.15, -0.1) is 0 Å². The Labute approximate surface area is 86.8 Å². The molecule has 3 nitrogen and oxygen atoms in total. The molecule has 0 unspecified atom stereocenters. The molecule has 15 heavy (non-hydrogen) atoms. The molecular weight excluding hydrogens is 193 g/mol. The van der Waals surface area contributed by atoms with Crippen LogP contribution in [0.25, 0.3) is 11.1 Å². The van der Waals surface area contributed by atoms with Crippen molar-refractivity contribution in [2.75, 3.05) is 5.73 Å². The van der Waals surface area contributed by atoms with E-state index in [2.05, 4.69) is 9.97 Å². The second kappa shape index (κ2) is 3.65. The second-order valence-corrected chi connectivity index (χ2v) is 3.22. The molecule has 0 aliphatic rings. The minimum absolute atomic E-state index is 0.273. The van der Waals surface area contributed by atoms with Crippen molar-refractivity contribution in [3.05, 3.63) is 42.1 Å².